The van der Waals surface area contributed by atoms with Crippen LogP contribution in [0.4, 0.5) is 11.6 Å². The van der Waals surface area contributed by atoms with E-state index in [1.54, 1.807) is 0 Å². The van der Waals surface area contributed by atoms with Gasteiger partial charge >= 0.3 is 0 Å². The third-order valence-electron chi connectivity index (χ3n) is 3.03. The molecule has 100 valence electrons. The van der Waals surface area contributed by atoms with Crippen molar-refractivity contribution in [3.63, 3.8) is 0 Å². The second kappa shape index (κ2) is 5.55. The molecule has 0 amide bonds. The Balaban J connectivity index is 2.22. The van der Waals surface area contributed by atoms with E-state index in [1.807, 2.05) is 6.92 Å². The summed E-state index contributed by atoms with van der Waals surface area (Å²) in [7, 11) is 0. The van der Waals surface area contributed by atoms with E-state index >= 15 is 0 Å². The molecule has 0 saturated heterocycles. The standard InChI is InChI=1S/C14H24N4/c1-5-15-13-8-14(17-11(4)16-13)18(9-10(2)3)12-6-7-12/h8,10,12H,5-7,9H2,1-4H3,(H,15,16,17). The summed E-state index contributed by atoms with van der Waals surface area (Å²) in [6, 6.07) is 2.77. The molecule has 0 unspecified atom stereocenters. The molecule has 1 heterocycles. The zero-order chi connectivity index (χ0) is 13.1. The fraction of sp³-hybridized carbons (Fsp3) is 0.714. The van der Waals surface area contributed by atoms with Crippen LogP contribution in [0.2, 0.25) is 0 Å². The van der Waals surface area contributed by atoms with Gasteiger partial charge < -0.3 is 10.2 Å². The van der Waals surface area contributed by atoms with E-state index in [-0.39, 0.29) is 0 Å². The van der Waals surface area contributed by atoms with Gasteiger partial charge in [-0.05, 0) is 32.6 Å². The summed E-state index contributed by atoms with van der Waals surface area (Å²) in [4.78, 5) is 11.5. The minimum absolute atomic E-state index is 0.656. The summed E-state index contributed by atoms with van der Waals surface area (Å²) >= 11 is 0. The van der Waals surface area contributed by atoms with Crippen molar-refractivity contribution in [2.75, 3.05) is 23.3 Å². The van der Waals surface area contributed by atoms with Gasteiger partial charge in [0.25, 0.3) is 0 Å². The van der Waals surface area contributed by atoms with Crippen LogP contribution in [0, 0.1) is 12.8 Å². The lowest BCUT2D eigenvalue weighted by Gasteiger charge is -2.26. The first-order chi connectivity index (χ1) is 8.60. The second-order valence-corrected chi connectivity index (χ2v) is 5.47. The number of anilines is 2. The normalized spacial score (nSPS) is 14.9. The minimum Gasteiger partial charge on any atom is -0.370 e. The number of nitrogens with one attached hydrogen (secondary N) is 1. The topological polar surface area (TPSA) is 41.0 Å². The van der Waals surface area contributed by atoms with Gasteiger partial charge in [-0.3, -0.25) is 0 Å². The SMILES string of the molecule is CCNc1cc(N(CC(C)C)C2CC2)nc(C)n1. The summed E-state index contributed by atoms with van der Waals surface area (Å²) in [5.41, 5.74) is 0. The number of hydrogen-bond donors (Lipinski definition) is 1. The van der Waals surface area contributed by atoms with Crippen molar-refractivity contribution in [3.05, 3.63) is 11.9 Å². The van der Waals surface area contributed by atoms with Crippen LogP contribution in [-0.4, -0.2) is 29.1 Å². The van der Waals surface area contributed by atoms with Gasteiger partial charge in [0.2, 0.25) is 0 Å². The Kier molecular flexibility index (Phi) is 4.04. The summed E-state index contributed by atoms with van der Waals surface area (Å²) < 4.78 is 0. The lowest BCUT2D eigenvalue weighted by atomic mass is 10.2. The molecule has 0 atom stereocenters. The van der Waals surface area contributed by atoms with Crippen LogP contribution in [0.3, 0.4) is 0 Å². The highest BCUT2D eigenvalue weighted by molar-refractivity contribution is 5.50. The Morgan fingerprint density at radius 1 is 1.39 bits per heavy atom. The summed E-state index contributed by atoms with van der Waals surface area (Å²) in [5.74, 6) is 3.52. The fourth-order valence-corrected chi connectivity index (χ4v) is 2.18. The van der Waals surface area contributed by atoms with Crippen LogP contribution in [0.15, 0.2) is 6.07 Å². The molecule has 1 aliphatic carbocycles. The van der Waals surface area contributed by atoms with Crippen LogP contribution in [0.5, 0.6) is 0 Å². The maximum atomic E-state index is 4.61. The maximum Gasteiger partial charge on any atom is 0.134 e. The van der Waals surface area contributed by atoms with E-state index in [4.69, 9.17) is 0 Å². The van der Waals surface area contributed by atoms with Gasteiger partial charge in [-0.1, -0.05) is 13.8 Å². The molecule has 1 aromatic heterocycles. The van der Waals surface area contributed by atoms with Crippen molar-refractivity contribution in [1.82, 2.24) is 9.97 Å². The molecule has 1 fully saturated rings. The first-order valence-electron chi connectivity index (χ1n) is 6.96. The maximum absolute atomic E-state index is 4.61. The minimum atomic E-state index is 0.656. The van der Waals surface area contributed by atoms with Crippen LogP contribution in [0.1, 0.15) is 39.4 Å². The molecule has 18 heavy (non-hydrogen) atoms. The number of nitrogens with zero attached hydrogens (tertiary/aromatic N) is 3. The van der Waals surface area contributed by atoms with Crippen molar-refractivity contribution in [2.45, 2.75) is 46.6 Å². The van der Waals surface area contributed by atoms with Crippen molar-refractivity contribution in [2.24, 2.45) is 5.92 Å². The van der Waals surface area contributed by atoms with E-state index < -0.39 is 0 Å². The van der Waals surface area contributed by atoms with Crippen LogP contribution in [-0.2, 0) is 0 Å². The first kappa shape index (κ1) is 13.1. The molecule has 1 N–H and O–H groups in total. The van der Waals surface area contributed by atoms with E-state index in [9.17, 15) is 0 Å². The molecular weight excluding hydrogens is 224 g/mol. The van der Waals surface area contributed by atoms with Gasteiger partial charge in [0.1, 0.15) is 17.5 Å². The van der Waals surface area contributed by atoms with Gasteiger partial charge in [-0.15, -0.1) is 0 Å². The summed E-state index contributed by atoms with van der Waals surface area (Å²) in [6.45, 7) is 10.5. The molecule has 0 aliphatic heterocycles. The van der Waals surface area contributed by atoms with Crippen molar-refractivity contribution < 1.29 is 0 Å². The molecule has 1 aliphatic rings. The van der Waals surface area contributed by atoms with Crippen LogP contribution in [0.25, 0.3) is 0 Å². The molecule has 4 nitrogen and oxygen atoms in total. The molecule has 0 aromatic carbocycles. The Hall–Kier alpha value is -1.32. The van der Waals surface area contributed by atoms with E-state index in [0.717, 1.165) is 30.5 Å². The number of aryl methyl sites for hydroxylation is 1. The van der Waals surface area contributed by atoms with Crippen molar-refractivity contribution in [1.29, 1.82) is 0 Å². The Bertz CT molecular complexity index is 399. The van der Waals surface area contributed by atoms with Crippen LogP contribution >= 0.6 is 0 Å². The van der Waals surface area contributed by atoms with Crippen LogP contribution < -0.4 is 10.2 Å². The highest BCUT2D eigenvalue weighted by Crippen LogP contribution is 2.32. The zero-order valence-electron chi connectivity index (χ0n) is 11.9. The van der Waals surface area contributed by atoms with Gasteiger partial charge in [0.05, 0.1) is 0 Å². The first-order valence-corrected chi connectivity index (χ1v) is 6.96. The molecule has 0 radical (unpaired) electrons. The Labute approximate surface area is 110 Å². The van der Waals surface area contributed by atoms with E-state index in [1.165, 1.54) is 12.8 Å². The Morgan fingerprint density at radius 2 is 2.11 bits per heavy atom. The predicted molar refractivity (Wildman–Crippen MR) is 76.1 cm³/mol. The second-order valence-electron chi connectivity index (χ2n) is 5.47. The average molecular weight is 248 g/mol. The van der Waals surface area contributed by atoms with Gasteiger partial charge in [0.15, 0.2) is 0 Å². The average Bonchev–Trinajstić information content (AvgIpc) is 3.09. The monoisotopic (exact) mass is 248 g/mol. The smallest absolute Gasteiger partial charge is 0.134 e. The molecule has 0 spiro atoms. The molecular formula is C14H24N4. The largest absolute Gasteiger partial charge is 0.370 e. The van der Waals surface area contributed by atoms with Gasteiger partial charge in [0, 0.05) is 25.2 Å². The Morgan fingerprint density at radius 3 is 2.67 bits per heavy atom. The molecule has 4 heteroatoms. The molecule has 0 bridgehead atoms. The third kappa shape index (κ3) is 3.34. The highest BCUT2D eigenvalue weighted by Gasteiger charge is 2.30. The summed E-state index contributed by atoms with van der Waals surface area (Å²) in [6.07, 6.45) is 2.60. The zero-order valence-corrected chi connectivity index (χ0v) is 11.9. The molecule has 1 saturated carbocycles. The number of rotatable bonds is 6. The molecule has 1 aromatic rings. The number of aromatic nitrogens is 2. The molecule has 2 rings (SSSR count). The lowest BCUT2D eigenvalue weighted by molar-refractivity contribution is 0.601. The van der Waals surface area contributed by atoms with Crippen molar-refractivity contribution in [3.8, 4) is 0 Å². The van der Waals surface area contributed by atoms with E-state index in [2.05, 4.69) is 47.0 Å². The van der Waals surface area contributed by atoms with E-state index in [0.29, 0.717) is 12.0 Å². The van der Waals surface area contributed by atoms with Gasteiger partial charge in [-0.25, -0.2) is 9.97 Å². The van der Waals surface area contributed by atoms with Crippen molar-refractivity contribution >= 4 is 11.6 Å². The summed E-state index contributed by atoms with van der Waals surface area (Å²) in [5, 5.41) is 3.28. The fourth-order valence-electron chi connectivity index (χ4n) is 2.18. The third-order valence-corrected chi connectivity index (χ3v) is 3.03. The quantitative estimate of drug-likeness (QED) is 0.840. The predicted octanol–water partition coefficient (Wildman–Crippen LogP) is 2.84. The van der Waals surface area contributed by atoms with Gasteiger partial charge in [-0.2, -0.15) is 0 Å². The highest BCUT2D eigenvalue weighted by atomic mass is 15.2. The number of hydrogen-bond acceptors (Lipinski definition) is 4. The lowest BCUT2D eigenvalue weighted by Crippen LogP contribution is -2.31.